The number of rotatable bonds is 3. The standard InChI is InChI=1S/C12H16F3N3O/c1-3-18-10-6-8(19-12(13,14)15)4-5-9(10)17(2)11(18)7-16/h4-6,11H,3,7,16H2,1-2H3. The van der Waals surface area contributed by atoms with Gasteiger partial charge in [0.2, 0.25) is 0 Å². The highest BCUT2D eigenvalue weighted by molar-refractivity contribution is 5.78. The van der Waals surface area contributed by atoms with Gasteiger partial charge >= 0.3 is 6.36 Å². The van der Waals surface area contributed by atoms with E-state index in [0.29, 0.717) is 18.8 Å². The highest BCUT2D eigenvalue weighted by atomic mass is 19.4. The summed E-state index contributed by atoms with van der Waals surface area (Å²) in [4.78, 5) is 3.91. The predicted octanol–water partition coefficient (Wildman–Crippen LogP) is 2.15. The number of alkyl halides is 3. The second-order valence-corrected chi connectivity index (χ2v) is 4.31. The first-order valence-electron chi connectivity index (χ1n) is 5.96. The van der Waals surface area contributed by atoms with Crippen molar-refractivity contribution in [2.45, 2.75) is 19.5 Å². The number of anilines is 2. The molecule has 0 aliphatic carbocycles. The number of hydrogen-bond donors (Lipinski definition) is 1. The molecule has 1 aliphatic heterocycles. The van der Waals surface area contributed by atoms with Gasteiger partial charge in [-0.05, 0) is 19.1 Å². The minimum absolute atomic E-state index is 0.0406. The number of nitrogens with zero attached hydrogens (tertiary/aromatic N) is 2. The molecule has 106 valence electrons. The molecule has 19 heavy (non-hydrogen) atoms. The van der Waals surface area contributed by atoms with Crippen molar-refractivity contribution in [1.82, 2.24) is 0 Å². The van der Waals surface area contributed by atoms with E-state index >= 15 is 0 Å². The second kappa shape index (κ2) is 4.80. The zero-order valence-electron chi connectivity index (χ0n) is 10.7. The molecule has 0 saturated carbocycles. The maximum absolute atomic E-state index is 12.2. The first-order valence-corrected chi connectivity index (χ1v) is 5.96. The van der Waals surface area contributed by atoms with Crippen molar-refractivity contribution in [1.29, 1.82) is 0 Å². The van der Waals surface area contributed by atoms with Gasteiger partial charge in [0.05, 0.1) is 11.4 Å². The molecule has 0 spiro atoms. The van der Waals surface area contributed by atoms with Crippen LogP contribution in [-0.2, 0) is 0 Å². The first kappa shape index (κ1) is 13.8. The monoisotopic (exact) mass is 275 g/mol. The lowest BCUT2D eigenvalue weighted by Gasteiger charge is -2.28. The van der Waals surface area contributed by atoms with Crippen LogP contribution in [0, 0.1) is 0 Å². The van der Waals surface area contributed by atoms with E-state index in [1.165, 1.54) is 12.1 Å². The zero-order valence-corrected chi connectivity index (χ0v) is 10.7. The fraction of sp³-hybridized carbons (Fsp3) is 0.500. The molecule has 2 N–H and O–H groups in total. The Morgan fingerprint density at radius 1 is 1.32 bits per heavy atom. The van der Waals surface area contributed by atoms with Crippen molar-refractivity contribution in [2.75, 3.05) is 29.9 Å². The van der Waals surface area contributed by atoms with Gasteiger partial charge in [0.25, 0.3) is 0 Å². The van der Waals surface area contributed by atoms with E-state index in [0.717, 1.165) is 5.69 Å². The molecule has 1 unspecified atom stereocenters. The van der Waals surface area contributed by atoms with Gasteiger partial charge in [-0.15, -0.1) is 13.2 Å². The Kier molecular flexibility index (Phi) is 3.49. The number of hydrogen-bond acceptors (Lipinski definition) is 4. The molecule has 2 rings (SSSR count). The van der Waals surface area contributed by atoms with Gasteiger partial charge in [-0.1, -0.05) is 0 Å². The van der Waals surface area contributed by atoms with Gasteiger partial charge in [-0.2, -0.15) is 0 Å². The topological polar surface area (TPSA) is 41.7 Å². The van der Waals surface area contributed by atoms with Crippen LogP contribution in [0.15, 0.2) is 18.2 Å². The molecule has 7 heteroatoms. The molecule has 4 nitrogen and oxygen atoms in total. The average Bonchev–Trinajstić information content (AvgIpc) is 2.59. The van der Waals surface area contributed by atoms with Gasteiger partial charge in [-0.3, -0.25) is 0 Å². The van der Waals surface area contributed by atoms with Crippen LogP contribution >= 0.6 is 0 Å². The number of benzene rings is 1. The molecule has 0 fully saturated rings. The summed E-state index contributed by atoms with van der Waals surface area (Å²) >= 11 is 0. The van der Waals surface area contributed by atoms with Crippen molar-refractivity contribution in [2.24, 2.45) is 5.73 Å². The number of likely N-dealkylation sites (N-methyl/N-ethyl adjacent to an activating group) is 2. The van der Waals surface area contributed by atoms with Crippen LogP contribution in [-0.4, -0.2) is 32.7 Å². The minimum Gasteiger partial charge on any atom is -0.406 e. The third-order valence-corrected chi connectivity index (χ3v) is 3.23. The van der Waals surface area contributed by atoms with Gasteiger partial charge in [-0.25, -0.2) is 0 Å². The minimum atomic E-state index is -4.68. The molecule has 1 aliphatic rings. The van der Waals surface area contributed by atoms with Crippen molar-refractivity contribution < 1.29 is 17.9 Å². The predicted molar refractivity (Wildman–Crippen MR) is 67.4 cm³/mol. The van der Waals surface area contributed by atoms with Crippen molar-refractivity contribution in [3.05, 3.63) is 18.2 Å². The number of ether oxygens (including phenoxy) is 1. The Balaban J connectivity index is 2.35. The van der Waals surface area contributed by atoms with E-state index in [9.17, 15) is 13.2 Å². The van der Waals surface area contributed by atoms with Gasteiger partial charge < -0.3 is 20.3 Å². The lowest BCUT2D eigenvalue weighted by molar-refractivity contribution is -0.274. The SMILES string of the molecule is CCN1c2cc(OC(F)(F)F)ccc2N(C)C1CN. The molecule has 1 heterocycles. The van der Waals surface area contributed by atoms with E-state index in [4.69, 9.17) is 5.73 Å². The van der Waals surface area contributed by atoms with Crippen LogP contribution in [0.2, 0.25) is 0 Å². The summed E-state index contributed by atoms with van der Waals surface area (Å²) in [5.41, 5.74) is 7.28. The Hall–Kier alpha value is -1.63. The maximum atomic E-state index is 12.2. The highest BCUT2D eigenvalue weighted by Crippen LogP contribution is 2.41. The molecule has 0 saturated heterocycles. The van der Waals surface area contributed by atoms with E-state index < -0.39 is 6.36 Å². The summed E-state index contributed by atoms with van der Waals surface area (Å²) in [7, 11) is 1.87. The van der Waals surface area contributed by atoms with E-state index in [1.807, 2.05) is 23.8 Å². The van der Waals surface area contributed by atoms with Crippen molar-refractivity contribution in [3.8, 4) is 5.75 Å². The Morgan fingerprint density at radius 3 is 2.53 bits per heavy atom. The highest BCUT2D eigenvalue weighted by Gasteiger charge is 2.34. The van der Waals surface area contributed by atoms with Crippen molar-refractivity contribution >= 4 is 11.4 Å². The number of fused-ring (bicyclic) bond motifs is 1. The van der Waals surface area contributed by atoms with Crippen LogP contribution < -0.4 is 20.3 Å². The third-order valence-electron chi connectivity index (χ3n) is 3.23. The second-order valence-electron chi connectivity index (χ2n) is 4.31. The first-order chi connectivity index (χ1) is 8.87. The van der Waals surface area contributed by atoms with Crippen LogP contribution in [0.1, 0.15) is 6.92 Å². The van der Waals surface area contributed by atoms with Crippen LogP contribution in [0.25, 0.3) is 0 Å². The van der Waals surface area contributed by atoms with E-state index in [2.05, 4.69) is 4.74 Å². The van der Waals surface area contributed by atoms with Crippen LogP contribution in [0.3, 0.4) is 0 Å². The largest absolute Gasteiger partial charge is 0.573 e. The average molecular weight is 275 g/mol. The fourth-order valence-corrected chi connectivity index (χ4v) is 2.43. The van der Waals surface area contributed by atoms with E-state index in [1.54, 1.807) is 6.07 Å². The number of nitrogens with two attached hydrogens (primary N) is 1. The number of halogens is 3. The Morgan fingerprint density at radius 2 is 2.00 bits per heavy atom. The summed E-state index contributed by atoms with van der Waals surface area (Å²) in [6.07, 6.45) is -4.72. The summed E-state index contributed by atoms with van der Waals surface area (Å²) in [6.45, 7) is 2.99. The molecular weight excluding hydrogens is 259 g/mol. The molecule has 0 bridgehead atoms. The molecule has 1 aromatic carbocycles. The molecule has 1 atom stereocenters. The van der Waals surface area contributed by atoms with Crippen LogP contribution in [0.4, 0.5) is 24.5 Å². The lowest BCUT2D eigenvalue weighted by atomic mass is 10.2. The third kappa shape index (κ3) is 2.56. The molecule has 0 amide bonds. The van der Waals surface area contributed by atoms with Gasteiger partial charge in [0.1, 0.15) is 11.9 Å². The van der Waals surface area contributed by atoms with Crippen molar-refractivity contribution in [3.63, 3.8) is 0 Å². The normalized spacial score (nSPS) is 18.7. The van der Waals surface area contributed by atoms with Crippen LogP contribution in [0.5, 0.6) is 5.75 Å². The van der Waals surface area contributed by atoms with Gasteiger partial charge in [0, 0.05) is 26.2 Å². The molecular formula is C12H16F3N3O. The Bertz CT molecular complexity index is 464. The zero-order chi connectivity index (χ0) is 14.2. The maximum Gasteiger partial charge on any atom is 0.573 e. The molecule has 0 radical (unpaired) electrons. The fourth-order valence-electron chi connectivity index (χ4n) is 2.43. The Labute approximate surface area is 109 Å². The quantitative estimate of drug-likeness (QED) is 0.917. The molecule has 1 aromatic rings. The summed E-state index contributed by atoms with van der Waals surface area (Å²) < 4.78 is 40.6. The lowest BCUT2D eigenvalue weighted by Crippen LogP contribution is -2.46. The van der Waals surface area contributed by atoms with Gasteiger partial charge in [0.15, 0.2) is 0 Å². The van der Waals surface area contributed by atoms with E-state index in [-0.39, 0.29) is 11.9 Å². The summed E-state index contributed by atoms with van der Waals surface area (Å²) in [5, 5.41) is 0. The molecule has 0 aromatic heterocycles. The smallest absolute Gasteiger partial charge is 0.406 e. The summed E-state index contributed by atoms with van der Waals surface area (Å²) in [5.74, 6) is -0.212. The summed E-state index contributed by atoms with van der Waals surface area (Å²) in [6, 6.07) is 4.34.